The minimum Gasteiger partial charge on any atom is -0.388 e. The predicted octanol–water partition coefficient (Wildman–Crippen LogP) is 4.52. The van der Waals surface area contributed by atoms with E-state index in [-0.39, 0.29) is 6.42 Å². The van der Waals surface area contributed by atoms with Crippen LogP contribution in [-0.4, -0.2) is 5.11 Å². The number of hydrogen-bond acceptors (Lipinski definition) is 1. The van der Waals surface area contributed by atoms with Crippen molar-refractivity contribution in [3.05, 3.63) is 68.9 Å². The highest BCUT2D eigenvalue weighted by Crippen LogP contribution is 2.23. The normalized spacial score (nSPS) is 12.4. The van der Waals surface area contributed by atoms with Gasteiger partial charge in [0.2, 0.25) is 0 Å². The first kappa shape index (κ1) is 13.5. The number of aliphatic hydroxyl groups is 1. The van der Waals surface area contributed by atoms with Crippen molar-refractivity contribution in [2.75, 3.05) is 0 Å². The molecule has 1 atom stereocenters. The van der Waals surface area contributed by atoms with E-state index in [4.69, 9.17) is 11.6 Å². The van der Waals surface area contributed by atoms with Crippen LogP contribution in [0.5, 0.6) is 0 Å². The number of rotatable bonds is 3. The second-order valence-corrected chi connectivity index (χ2v) is 5.36. The lowest BCUT2D eigenvalue weighted by molar-refractivity contribution is 0.177. The van der Waals surface area contributed by atoms with Crippen LogP contribution >= 0.6 is 27.5 Å². The van der Waals surface area contributed by atoms with Crippen LogP contribution in [0.4, 0.5) is 4.39 Å². The molecule has 0 radical (unpaired) electrons. The molecule has 0 saturated heterocycles. The zero-order valence-electron chi connectivity index (χ0n) is 9.41. The zero-order valence-corrected chi connectivity index (χ0v) is 11.7. The van der Waals surface area contributed by atoms with E-state index in [1.165, 1.54) is 6.07 Å². The Balaban J connectivity index is 2.15. The van der Waals surface area contributed by atoms with Crippen LogP contribution in [0.2, 0.25) is 5.02 Å². The first-order chi connectivity index (χ1) is 8.56. The number of benzene rings is 2. The van der Waals surface area contributed by atoms with Crippen LogP contribution in [-0.2, 0) is 6.42 Å². The molecule has 0 heterocycles. The van der Waals surface area contributed by atoms with E-state index in [1.54, 1.807) is 12.1 Å². The van der Waals surface area contributed by atoms with Crippen molar-refractivity contribution < 1.29 is 9.50 Å². The maximum absolute atomic E-state index is 13.6. The van der Waals surface area contributed by atoms with Gasteiger partial charge >= 0.3 is 0 Å². The largest absolute Gasteiger partial charge is 0.388 e. The summed E-state index contributed by atoms with van der Waals surface area (Å²) in [5.74, 6) is -0.390. The molecule has 1 N–H and O–H groups in total. The number of hydrogen-bond donors (Lipinski definition) is 1. The van der Waals surface area contributed by atoms with Crippen LogP contribution in [0.25, 0.3) is 0 Å². The molecule has 0 fully saturated rings. The summed E-state index contributed by atoms with van der Waals surface area (Å²) in [6, 6.07) is 11.8. The molecule has 0 aliphatic carbocycles. The molecule has 18 heavy (non-hydrogen) atoms. The highest BCUT2D eigenvalue weighted by molar-refractivity contribution is 9.10. The molecule has 0 saturated carbocycles. The van der Waals surface area contributed by atoms with Gasteiger partial charge in [0.05, 0.1) is 6.10 Å². The van der Waals surface area contributed by atoms with Crippen molar-refractivity contribution in [1.82, 2.24) is 0 Å². The van der Waals surface area contributed by atoms with Gasteiger partial charge in [0.15, 0.2) is 0 Å². The van der Waals surface area contributed by atoms with Gasteiger partial charge in [-0.3, -0.25) is 0 Å². The van der Waals surface area contributed by atoms with Crippen molar-refractivity contribution >= 4 is 27.5 Å². The van der Waals surface area contributed by atoms with E-state index in [0.717, 1.165) is 10.0 Å². The summed E-state index contributed by atoms with van der Waals surface area (Å²) < 4.78 is 14.5. The monoisotopic (exact) mass is 328 g/mol. The van der Waals surface area contributed by atoms with Crippen LogP contribution in [0, 0.1) is 5.82 Å². The Morgan fingerprint density at radius 2 is 1.83 bits per heavy atom. The Bertz CT molecular complexity index is 542. The topological polar surface area (TPSA) is 20.2 Å². The lowest BCUT2D eigenvalue weighted by atomic mass is 10.0. The molecule has 2 aromatic carbocycles. The van der Waals surface area contributed by atoms with Crippen LogP contribution < -0.4 is 0 Å². The first-order valence-electron chi connectivity index (χ1n) is 5.44. The molecule has 2 aromatic rings. The molecular formula is C14H11BrClFO. The lowest BCUT2D eigenvalue weighted by Crippen LogP contribution is -2.03. The molecule has 1 nitrogen and oxygen atoms in total. The van der Waals surface area contributed by atoms with E-state index in [0.29, 0.717) is 10.6 Å². The molecule has 4 heteroatoms. The third-order valence-corrected chi connectivity index (χ3v) is 3.45. The Morgan fingerprint density at radius 1 is 1.17 bits per heavy atom. The molecule has 1 unspecified atom stereocenters. The van der Waals surface area contributed by atoms with Crippen molar-refractivity contribution in [2.24, 2.45) is 0 Å². The average Bonchev–Trinajstić information content (AvgIpc) is 2.33. The van der Waals surface area contributed by atoms with Crippen molar-refractivity contribution in [2.45, 2.75) is 12.5 Å². The van der Waals surface area contributed by atoms with Crippen LogP contribution in [0.15, 0.2) is 46.9 Å². The van der Waals surface area contributed by atoms with E-state index in [9.17, 15) is 9.50 Å². The molecule has 0 aromatic heterocycles. The van der Waals surface area contributed by atoms with Crippen molar-refractivity contribution in [3.8, 4) is 0 Å². The minimum absolute atomic E-state index is 0.227. The third-order valence-electron chi connectivity index (χ3n) is 2.68. The fourth-order valence-corrected chi connectivity index (χ4v) is 2.12. The van der Waals surface area contributed by atoms with E-state index in [2.05, 4.69) is 15.9 Å². The maximum atomic E-state index is 13.6. The van der Waals surface area contributed by atoms with Gasteiger partial charge in [0, 0.05) is 15.9 Å². The second kappa shape index (κ2) is 5.83. The molecule has 94 valence electrons. The van der Waals surface area contributed by atoms with Gasteiger partial charge in [-0.2, -0.15) is 0 Å². The van der Waals surface area contributed by atoms with Gasteiger partial charge in [0.1, 0.15) is 5.82 Å². The molecule has 0 bridgehead atoms. The Labute approximate surface area is 118 Å². The predicted molar refractivity (Wildman–Crippen MR) is 74.2 cm³/mol. The average molecular weight is 330 g/mol. The summed E-state index contributed by atoms with van der Waals surface area (Å²) in [4.78, 5) is 0. The fourth-order valence-electron chi connectivity index (χ4n) is 1.70. The molecule has 0 spiro atoms. The summed E-state index contributed by atoms with van der Waals surface area (Å²) in [6.45, 7) is 0. The lowest BCUT2D eigenvalue weighted by Gasteiger charge is -2.12. The smallest absolute Gasteiger partial charge is 0.127 e. The summed E-state index contributed by atoms with van der Waals surface area (Å²) in [7, 11) is 0. The highest BCUT2D eigenvalue weighted by Gasteiger charge is 2.11. The van der Waals surface area contributed by atoms with Crippen molar-refractivity contribution in [3.63, 3.8) is 0 Å². The summed E-state index contributed by atoms with van der Waals surface area (Å²) in [5, 5.41) is 10.4. The third kappa shape index (κ3) is 3.31. The van der Waals surface area contributed by atoms with Crippen LogP contribution in [0.1, 0.15) is 17.2 Å². The Hall–Kier alpha value is -0.900. The van der Waals surface area contributed by atoms with Gasteiger partial charge in [-0.05, 0) is 35.4 Å². The molecular weight excluding hydrogens is 319 g/mol. The van der Waals surface area contributed by atoms with Gasteiger partial charge < -0.3 is 5.11 Å². The summed E-state index contributed by atoms with van der Waals surface area (Å²) >= 11 is 9.00. The number of halogens is 3. The molecule has 0 amide bonds. The maximum Gasteiger partial charge on any atom is 0.127 e. The Morgan fingerprint density at radius 3 is 2.44 bits per heavy atom. The minimum atomic E-state index is -0.728. The molecule has 0 aliphatic rings. The van der Waals surface area contributed by atoms with Gasteiger partial charge in [-0.15, -0.1) is 0 Å². The zero-order chi connectivity index (χ0) is 13.1. The summed E-state index contributed by atoms with van der Waals surface area (Å²) in [6.07, 6.45) is -0.501. The van der Waals surface area contributed by atoms with E-state index >= 15 is 0 Å². The second-order valence-electron chi connectivity index (χ2n) is 4.01. The highest BCUT2D eigenvalue weighted by atomic mass is 79.9. The molecule has 2 rings (SSSR count). The fraction of sp³-hybridized carbons (Fsp3) is 0.143. The van der Waals surface area contributed by atoms with Gasteiger partial charge in [0.25, 0.3) is 0 Å². The van der Waals surface area contributed by atoms with E-state index < -0.39 is 11.9 Å². The Kier molecular flexibility index (Phi) is 4.38. The molecule has 0 aliphatic heterocycles. The SMILES string of the molecule is OC(Cc1ccc(Cl)cc1F)c1ccc(Br)cc1. The van der Waals surface area contributed by atoms with E-state index in [1.807, 2.05) is 24.3 Å². The summed E-state index contributed by atoms with van der Waals surface area (Å²) in [5.41, 5.74) is 1.21. The quantitative estimate of drug-likeness (QED) is 0.878. The van der Waals surface area contributed by atoms with Crippen molar-refractivity contribution in [1.29, 1.82) is 0 Å². The number of aliphatic hydroxyl groups excluding tert-OH is 1. The van der Waals surface area contributed by atoms with Gasteiger partial charge in [-0.25, -0.2) is 4.39 Å². The van der Waals surface area contributed by atoms with Crippen LogP contribution in [0.3, 0.4) is 0 Å². The van der Waals surface area contributed by atoms with Gasteiger partial charge in [-0.1, -0.05) is 45.7 Å². The first-order valence-corrected chi connectivity index (χ1v) is 6.61. The standard InChI is InChI=1S/C14H11BrClFO/c15-11-4-1-9(2-5-11)14(18)7-10-3-6-12(16)8-13(10)17/h1-6,8,14,18H,7H2.